The second kappa shape index (κ2) is 47.5. The van der Waals surface area contributed by atoms with E-state index in [0.29, 0.717) is 19.3 Å². The van der Waals surface area contributed by atoms with Crippen molar-refractivity contribution in [1.82, 2.24) is 0 Å². The van der Waals surface area contributed by atoms with Crippen LogP contribution in [0.3, 0.4) is 0 Å². The Hall–Kier alpha value is -1.59. The lowest BCUT2D eigenvalue weighted by atomic mass is 9.99. The van der Waals surface area contributed by atoms with Crippen LogP contribution < -0.4 is 0 Å². The smallest absolute Gasteiger partial charge is 0.306 e. The molecule has 0 spiro atoms. The van der Waals surface area contributed by atoms with Gasteiger partial charge in [-0.25, -0.2) is 0 Å². The van der Waals surface area contributed by atoms with Crippen LogP contribution in [-0.4, -0.2) is 37.2 Å². The van der Waals surface area contributed by atoms with Gasteiger partial charge in [0.1, 0.15) is 13.2 Å². The standard InChI is InChI=1S/C53H102O6/c1-5-8-10-12-14-16-17-18-22-26-30-34-38-42-46-53(56)59-50(47-57-51(54)44-40-36-32-27-15-13-11-9-6-2)48-58-52(55)45-41-37-33-29-25-23-20-19-21-24-28-31-35-39-43-49(4)7-3/h49-50H,5-48H2,1-4H3/t49?,50-/m1/s1. The summed E-state index contributed by atoms with van der Waals surface area (Å²) in [7, 11) is 0. The largest absolute Gasteiger partial charge is 0.462 e. The van der Waals surface area contributed by atoms with Crippen molar-refractivity contribution in [2.75, 3.05) is 13.2 Å². The molecule has 0 heterocycles. The maximum Gasteiger partial charge on any atom is 0.306 e. The Labute approximate surface area is 368 Å². The van der Waals surface area contributed by atoms with Crippen LogP contribution in [0.5, 0.6) is 0 Å². The Bertz CT molecular complexity index is 889. The van der Waals surface area contributed by atoms with Gasteiger partial charge in [-0.2, -0.15) is 0 Å². The fourth-order valence-electron chi connectivity index (χ4n) is 8.01. The molecule has 350 valence electrons. The molecule has 0 aliphatic rings. The van der Waals surface area contributed by atoms with E-state index in [9.17, 15) is 14.4 Å². The van der Waals surface area contributed by atoms with Gasteiger partial charge in [0.05, 0.1) is 0 Å². The predicted molar refractivity (Wildman–Crippen MR) is 252 cm³/mol. The molecule has 6 nitrogen and oxygen atoms in total. The summed E-state index contributed by atoms with van der Waals surface area (Å²) in [4.78, 5) is 37.9. The van der Waals surface area contributed by atoms with Crippen LogP contribution in [-0.2, 0) is 28.6 Å². The minimum atomic E-state index is -0.760. The van der Waals surface area contributed by atoms with Crippen LogP contribution in [0, 0.1) is 5.92 Å². The van der Waals surface area contributed by atoms with E-state index in [0.717, 1.165) is 63.7 Å². The van der Waals surface area contributed by atoms with Crippen molar-refractivity contribution in [1.29, 1.82) is 0 Å². The second-order valence-corrected chi connectivity index (χ2v) is 18.4. The van der Waals surface area contributed by atoms with Crippen LogP contribution in [0.15, 0.2) is 0 Å². The molecular weight excluding hydrogens is 733 g/mol. The topological polar surface area (TPSA) is 78.9 Å². The highest BCUT2D eigenvalue weighted by atomic mass is 16.6. The molecule has 0 saturated heterocycles. The zero-order valence-corrected chi connectivity index (χ0v) is 40.2. The van der Waals surface area contributed by atoms with Crippen molar-refractivity contribution in [2.45, 2.75) is 303 Å². The first-order valence-electron chi connectivity index (χ1n) is 26.4. The van der Waals surface area contributed by atoms with Crippen LogP contribution in [0.1, 0.15) is 297 Å². The first-order valence-corrected chi connectivity index (χ1v) is 26.4. The summed E-state index contributed by atoms with van der Waals surface area (Å²) in [5, 5.41) is 0. The lowest BCUT2D eigenvalue weighted by Gasteiger charge is -2.18. The molecule has 0 aliphatic carbocycles. The lowest BCUT2D eigenvalue weighted by Crippen LogP contribution is -2.30. The molecule has 0 aromatic carbocycles. The van der Waals surface area contributed by atoms with Gasteiger partial charge in [-0.05, 0) is 25.2 Å². The monoisotopic (exact) mass is 835 g/mol. The highest BCUT2D eigenvalue weighted by Gasteiger charge is 2.19. The summed E-state index contributed by atoms with van der Waals surface area (Å²) < 4.78 is 16.8. The highest BCUT2D eigenvalue weighted by molar-refractivity contribution is 5.71. The Morgan fingerprint density at radius 1 is 0.339 bits per heavy atom. The van der Waals surface area contributed by atoms with Crippen molar-refractivity contribution >= 4 is 17.9 Å². The van der Waals surface area contributed by atoms with Crippen molar-refractivity contribution in [3.63, 3.8) is 0 Å². The SMILES string of the molecule is CCCCCCCCCCCCCCCCC(=O)O[C@H](COC(=O)CCCCCCCCCCC)COC(=O)CCCCCCCCCCCCCCCCC(C)CC. The zero-order valence-electron chi connectivity index (χ0n) is 40.2. The van der Waals surface area contributed by atoms with Crippen molar-refractivity contribution < 1.29 is 28.6 Å². The fraction of sp³-hybridized carbons (Fsp3) is 0.943. The van der Waals surface area contributed by atoms with E-state index < -0.39 is 6.10 Å². The maximum atomic E-state index is 12.8. The molecular formula is C53H102O6. The third kappa shape index (κ3) is 45.8. The molecule has 0 amide bonds. The summed E-state index contributed by atoms with van der Waals surface area (Å²) in [5.41, 5.74) is 0. The van der Waals surface area contributed by atoms with Crippen LogP contribution in [0.2, 0.25) is 0 Å². The number of hydrogen-bond acceptors (Lipinski definition) is 6. The number of ether oxygens (including phenoxy) is 3. The first-order chi connectivity index (χ1) is 28.9. The van der Waals surface area contributed by atoms with Gasteiger partial charge in [-0.1, -0.05) is 259 Å². The van der Waals surface area contributed by atoms with E-state index >= 15 is 0 Å². The minimum Gasteiger partial charge on any atom is -0.462 e. The summed E-state index contributed by atoms with van der Waals surface area (Å²) in [5.74, 6) is 0.0506. The van der Waals surface area contributed by atoms with Crippen molar-refractivity contribution in [2.24, 2.45) is 5.92 Å². The summed E-state index contributed by atoms with van der Waals surface area (Å²) >= 11 is 0. The first kappa shape index (κ1) is 57.4. The normalized spacial score (nSPS) is 12.4. The number of carbonyl (C=O) groups is 3. The minimum absolute atomic E-state index is 0.0626. The van der Waals surface area contributed by atoms with Gasteiger partial charge in [0, 0.05) is 19.3 Å². The van der Waals surface area contributed by atoms with E-state index in [2.05, 4.69) is 27.7 Å². The van der Waals surface area contributed by atoms with E-state index in [1.54, 1.807) is 0 Å². The molecule has 2 atom stereocenters. The molecule has 0 saturated carbocycles. The molecule has 0 aromatic heterocycles. The predicted octanol–water partition coefficient (Wildman–Crippen LogP) is 17.1. The van der Waals surface area contributed by atoms with Gasteiger partial charge in [0.25, 0.3) is 0 Å². The quantitative estimate of drug-likeness (QED) is 0.0345. The summed E-state index contributed by atoms with van der Waals surface area (Å²) in [6.45, 7) is 9.06. The van der Waals surface area contributed by atoms with E-state index in [4.69, 9.17) is 14.2 Å². The molecule has 0 bridgehead atoms. The van der Waals surface area contributed by atoms with Crippen molar-refractivity contribution in [3.8, 4) is 0 Å². The molecule has 59 heavy (non-hydrogen) atoms. The molecule has 0 N–H and O–H groups in total. The van der Waals surface area contributed by atoms with Crippen LogP contribution in [0.4, 0.5) is 0 Å². The van der Waals surface area contributed by atoms with E-state index in [1.165, 1.54) is 193 Å². The molecule has 0 rings (SSSR count). The van der Waals surface area contributed by atoms with E-state index in [-0.39, 0.29) is 31.1 Å². The Morgan fingerprint density at radius 3 is 0.881 bits per heavy atom. The van der Waals surface area contributed by atoms with Gasteiger partial charge in [-0.3, -0.25) is 14.4 Å². The summed E-state index contributed by atoms with van der Waals surface area (Å²) in [6.07, 6.45) is 49.4. The molecule has 1 unspecified atom stereocenters. The zero-order chi connectivity index (χ0) is 43.1. The number of esters is 3. The number of unbranched alkanes of at least 4 members (excludes halogenated alkanes) is 34. The average Bonchev–Trinajstić information content (AvgIpc) is 3.23. The van der Waals surface area contributed by atoms with E-state index in [1.807, 2.05) is 0 Å². The maximum absolute atomic E-state index is 12.8. The lowest BCUT2D eigenvalue weighted by molar-refractivity contribution is -0.167. The van der Waals surface area contributed by atoms with Gasteiger partial charge in [-0.15, -0.1) is 0 Å². The highest BCUT2D eigenvalue weighted by Crippen LogP contribution is 2.18. The van der Waals surface area contributed by atoms with Gasteiger partial charge in [0.2, 0.25) is 0 Å². The third-order valence-corrected chi connectivity index (χ3v) is 12.4. The van der Waals surface area contributed by atoms with Crippen molar-refractivity contribution in [3.05, 3.63) is 0 Å². The Kier molecular flexibility index (Phi) is 46.2. The number of carbonyl (C=O) groups excluding carboxylic acids is 3. The van der Waals surface area contributed by atoms with Gasteiger partial charge < -0.3 is 14.2 Å². The Balaban J connectivity index is 4.24. The average molecular weight is 835 g/mol. The molecule has 6 heteroatoms. The third-order valence-electron chi connectivity index (χ3n) is 12.4. The summed E-state index contributed by atoms with van der Waals surface area (Å²) in [6, 6.07) is 0. The molecule has 0 fully saturated rings. The number of hydrogen-bond donors (Lipinski definition) is 0. The fourth-order valence-corrected chi connectivity index (χ4v) is 8.01. The van der Waals surface area contributed by atoms with Gasteiger partial charge >= 0.3 is 17.9 Å². The van der Waals surface area contributed by atoms with Gasteiger partial charge in [0.15, 0.2) is 6.10 Å². The molecule has 0 radical (unpaired) electrons. The van der Waals surface area contributed by atoms with Crippen LogP contribution >= 0.6 is 0 Å². The second-order valence-electron chi connectivity index (χ2n) is 18.4. The molecule has 0 aromatic rings. The number of rotatable bonds is 48. The van der Waals surface area contributed by atoms with Crippen LogP contribution in [0.25, 0.3) is 0 Å². The Morgan fingerprint density at radius 2 is 0.593 bits per heavy atom. The molecule has 0 aliphatic heterocycles.